The van der Waals surface area contributed by atoms with E-state index in [0.717, 1.165) is 11.1 Å². The molecule has 0 fully saturated rings. The molecule has 0 aliphatic heterocycles. The van der Waals surface area contributed by atoms with E-state index in [1.807, 2.05) is 54.6 Å². The standard InChI is InChI=1S/C13H10N/c14-13(11-7-3-1-4-8-11)12-9-5-2-6-10-12/h1-5,7-10,14H/q+1. The molecular weight excluding hydrogens is 170 g/mol. The van der Waals surface area contributed by atoms with Crippen molar-refractivity contribution in [1.29, 1.82) is 5.41 Å². The number of benzene rings is 1. The van der Waals surface area contributed by atoms with E-state index in [1.54, 1.807) is 0 Å². The lowest BCUT2D eigenvalue weighted by Crippen LogP contribution is -2.01. The van der Waals surface area contributed by atoms with Crippen molar-refractivity contribution in [2.75, 3.05) is 0 Å². The van der Waals surface area contributed by atoms with Crippen molar-refractivity contribution in [1.82, 2.24) is 0 Å². The fraction of sp³-hybridized carbons (Fsp3) is 0. The van der Waals surface area contributed by atoms with Crippen LogP contribution in [0.2, 0.25) is 0 Å². The minimum atomic E-state index is 0.544. The molecule has 0 amide bonds. The van der Waals surface area contributed by atoms with E-state index in [9.17, 15) is 0 Å². The Bertz CT molecular complexity index is 422. The largest absolute Gasteiger partial charge is 0.286 e. The van der Waals surface area contributed by atoms with E-state index >= 15 is 0 Å². The van der Waals surface area contributed by atoms with Gasteiger partial charge in [-0.15, -0.1) is 0 Å². The SMILES string of the molecule is N=C(C1=CC=C[C+]=C1)c1ccccc1. The van der Waals surface area contributed by atoms with Crippen LogP contribution in [0, 0.1) is 11.5 Å². The lowest BCUT2D eigenvalue weighted by Gasteiger charge is -1.99. The molecule has 0 saturated carbocycles. The Balaban J connectivity index is 2.30. The van der Waals surface area contributed by atoms with Gasteiger partial charge in [0.2, 0.25) is 0 Å². The van der Waals surface area contributed by atoms with Crippen molar-refractivity contribution in [3.05, 3.63) is 71.8 Å². The minimum absolute atomic E-state index is 0.544. The van der Waals surface area contributed by atoms with Gasteiger partial charge in [-0.2, -0.15) is 0 Å². The van der Waals surface area contributed by atoms with Crippen LogP contribution in [-0.2, 0) is 0 Å². The second-order valence-electron chi connectivity index (χ2n) is 3.03. The van der Waals surface area contributed by atoms with Gasteiger partial charge in [0.25, 0.3) is 0 Å². The number of allylic oxidation sites excluding steroid dienone is 6. The third kappa shape index (κ3) is 1.68. The maximum atomic E-state index is 7.95. The van der Waals surface area contributed by atoms with Crippen LogP contribution in [0.4, 0.5) is 0 Å². The Morgan fingerprint density at radius 3 is 2.57 bits per heavy atom. The predicted molar refractivity (Wildman–Crippen MR) is 58.3 cm³/mol. The number of hydrogen-bond acceptors (Lipinski definition) is 1. The molecular formula is C13H10N+. The maximum absolute atomic E-state index is 7.95. The van der Waals surface area contributed by atoms with Gasteiger partial charge in [0.05, 0.1) is 6.08 Å². The van der Waals surface area contributed by atoms with Gasteiger partial charge >= 0.3 is 0 Å². The van der Waals surface area contributed by atoms with Crippen molar-refractivity contribution in [3.63, 3.8) is 0 Å². The number of rotatable bonds is 2. The normalized spacial score (nSPS) is 13.3. The Labute approximate surface area is 83.6 Å². The molecule has 1 N–H and O–H groups in total. The Hall–Kier alpha value is -1.98. The molecule has 0 bridgehead atoms. The van der Waals surface area contributed by atoms with Gasteiger partial charge in [-0.05, 0) is 0 Å². The molecule has 1 aromatic rings. The molecule has 1 nitrogen and oxygen atoms in total. The van der Waals surface area contributed by atoms with Gasteiger partial charge in [0, 0.05) is 17.7 Å². The van der Waals surface area contributed by atoms with E-state index in [2.05, 4.69) is 6.08 Å². The zero-order valence-electron chi connectivity index (χ0n) is 7.70. The number of hydrogen-bond donors (Lipinski definition) is 1. The third-order valence-electron chi connectivity index (χ3n) is 2.06. The van der Waals surface area contributed by atoms with Gasteiger partial charge in [0.15, 0.2) is 0 Å². The first-order valence-electron chi connectivity index (χ1n) is 4.48. The highest BCUT2D eigenvalue weighted by molar-refractivity contribution is 6.12. The van der Waals surface area contributed by atoms with Crippen LogP contribution in [0.15, 0.2) is 60.2 Å². The summed E-state index contributed by atoms with van der Waals surface area (Å²) < 4.78 is 0. The Morgan fingerprint density at radius 2 is 1.93 bits per heavy atom. The highest BCUT2D eigenvalue weighted by atomic mass is 14.4. The highest BCUT2D eigenvalue weighted by Crippen LogP contribution is 2.11. The maximum Gasteiger partial charge on any atom is 0.126 e. The molecule has 1 aliphatic carbocycles. The lowest BCUT2D eigenvalue weighted by molar-refractivity contribution is 1.46. The first-order chi connectivity index (χ1) is 6.88. The predicted octanol–water partition coefficient (Wildman–Crippen LogP) is 2.91. The Kier molecular flexibility index (Phi) is 2.35. The summed E-state index contributed by atoms with van der Waals surface area (Å²) in [7, 11) is 0. The lowest BCUT2D eigenvalue weighted by atomic mass is 10.0. The van der Waals surface area contributed by atoms with Crippen molar-refractivity contribution >= 4 is 5.71 Å². The zero-order valence-corrected chi connectivity index (χ0v) is 7.70. The zero-order chi connectivity index (χ0) is 9.80. The second-order valence-corrected chi connectivity index (χ2v) is 3.03. The second kappa shape index (κ2) is 3.82. The van der Waals surface area contributed by atoms with Crippen LogP contribution in [0.1, 0.15) is 5.56 Å². The molecule has 0 heterocycles. The van der Waals surface area contributed by atoms with Gasteiger partial charge < -0.3 is 0 Å². The van der Waals surface area contributed by atoms with E-state index in [-0.39, 0.29) is 0 Å². The number of nitrogens with one attached hydrogen (secondary N) is 1. The van der Waals surface area contributed by atoms with Crippen LogP contribution < -0.4 is 0 Å². The molecule has 66 valence electrons. The fourth-order valence-electron chi connectivity index (χ4n) is 1.32. The Morgan fingerprint density at radius 1 is 1.14 bits per heavy atom. The smallest absolute Gasteiger partial charge is 0.126 e. The van der Waals surface area contributed by atoms with E-state index in [0.29, 0.717) is 5.71 Å². The van der Waals surface area contributed by atoms with Crippen LogP contribution in [0.25, 0.3) is 0 Å². The molecule has 0 atom stereocenters. The van der Waals surface area contributed by atoms with Crippen LogP contribution >= 0.6 is 0 Å². The minimum Gasteiger partial charge on any atom is -0.286 e. The first-order valence-corrected chi connectivity index (χ1v) is 4.48. The van der Waals surface area contributed by atoms with E-state index in [4.69, 9.17) is 5.41 Å². The summed E-state index contributed by atoms with van der Waals surface area (Å²) in [6, 6.07) is 9.71. The molecule has 14 heavy (non-hydrogen) atoms. The quantitative estimate of drug-likeness (QED) is 0.534. The summed E-state index contributed by atoms with van der Waals surface area (Å²) in [4.78, 5) is 0. The molecule has 0 saturated heterocycles. The van der Waals surface area contributed by atoms with Crippen molar-refractivity contribution < 1.29 is 0 Å². The van der Waals surface area contributed by atoms with Gasteiger partial charge in [-0.25, -0.2) is 0 Å². The van der Waals surface area contributed by atoms with Crippen LogP contribution in [0.5, 0.6) is 0 Å². The summed E-state index contributed by atoms with van der Waals surface area (Å²) in [5.41, 5.74) is 2.38. The van der Waals surface area contributed by atoms with Crippen molar-refractivity contribution in [2.45, 2.75) is 0 Å². The van der Waals surface area contributed by atoms with E-state index in [1.165, 1.54) is 0 Å². The molecule has 0 unspecified atom stereocenters. The van der Waals surface area contributed by atoms with Crippen molar-refractivity contribution in [2.24, 2.45) is 0 Å². The fourth-order valence-corrected chi connectivity index (χ4v) is 1.32. The summed E-state index contributed by atoms with van der Waals surface area (Å²) >= 11 is 0. The molecule has 0 aromatic heterocycles. The van der Waals surface area contributed by atoms with Gasteiger partial charge in [0.1, 0.15) is 23.4 Å². The van der Waals surface area contributed by atoms with Crippen molar-refractivity contribution in [3.8, 4) is 0 Å². The van der Waals surface area contributed by atoms with E-state index < -0.39 is 0 Å². The highest BCUT2D eigenvalue weighted by Gasteiger charge is 2.11. The summed E-state index contributed by atoms with van der Waals surface area (Å²) in [5.74, 6) is 0. The summed E-state index contributed by atoms with van der Waals surface area (Å²) in [6.07, 6.45) is 10.5. The molecule has 1 aliphatic rings. The van der Waals surface area contributed by atoms with Crippen LogP contribution in [0.3, 0.4) is 0 Å². The van der Waals surface area contributed by atoms with Gasteiger partial charge in [-0.3, -0.25) is 5.41 Å². The molecule has 0 spiro atoms. The molecule has 1 aromatic carbocycles. The third-order valence-corrected chi connectivity index (χ3v) is 2.06. The average molecular weight is 180 g/mol. The molecule has 0 radical (unpaired) electrons. The summed E-state index contributed by atoms with van der Waals surface area (Å²) in [5, 5.41) is 7.95. The first kappa shape index (κ1) is 8.61. The molecule has 2 rings (SSSR count). The van der Waals surface area contributed by atoms with Gasteiger partial charge in [-0.1, -0.05) is 30.3 Å². The topological polar surface area (TPSA) is 23.9 Å². The monoisotopic (exact) mass is 180 g/mol. The summed E-state index contributed by atoms with van der Waals surface area (Å²) in [6.45, 7) is 0. The average Bonchev–Trinajstić information content (AvgIpc) is 2.30. The van der Waals surface area contributed by atoms with Crippen LogP contribution in [-0.4, -0.2) is 5.71 Å². The molecule has 1 heteroatoms.